The summed E-state index contributed by atoms with van der Waals surface area (Å²) in [5.41, 5.74) is 2.13. The summed E-state index contributed by atoms with van der Waals surface area (Å²) in [7, 11) is 3.33. The van der Waals surface area contributed by atoms with Crippen molar-refractivity contribution in [2.45, 2.75) is 31.7 Å². The van der Waals surface area contributed by atoms with Crippen LogP contribution >= 0.6 is 0 Å². The molecule has 0 N–H and O–H groups in total. The van der Waals surface area contributed by atoms with E-state index >= 15 is 0 Å². The average Bonchev–Trinajstić information content (AvgIpc) is 2.73. The van der Waals surface area contributed by atoms with E-state index in [4.69, 9.17) is 9.47 Å². The van der Waals surface area contributed by atoms with Crippen LogP contribution in [-0.2, 0) is 6.54 Å². The Kier molecular flexibility index (Phi) is 6.67. The largest absolute Gasteiger partial charge is 0.496 e. The first kappa shape index (κ1) is 19.2. The molecule has 1 atom stereocenters. The zero-order chi connectivity index (χ0) is 19.1. The lowest BCUT2D eigenvalue weighted by atomic mass is 9.84. The predicted octanol–water partition coefficient (Wildman–Crippen LogP) is 4.01. The maximum Gasteiger partial charge on any atom is 0.217 e. The molecular formula is C22H27N3O2. The lowest BCUT2D eigenvalue weighted by molar-refractivity contribution is 0.168. The second-order valence-electron chi connectivity index (χ2n) is 7.05. The van der Waals surface area contributed by atoms with Crippen molar-refractivity contribution in [2.24, 2.45) is 5.92 Å². The van der Waals surface area contributed by atoms with Crippen molar-refractivity contribution in [2.75, 3.05) is 27.3 Å². The Morgan fingerprint density at radius 1 is 1.15 bits per heavy atom. The number of likely N-dealkylation sites (tertiary alicyclic amines) is 1. The minimum atomic E-state index is -0.115. The average molecular weight is 365 g/mol. The van der Waals surface area contributed by atoms with Gasteiger partial charge in [-0.3, -0.25) is 4.90 Å². The number of aromatic nitrogens is 1. The summed E-state index contributed by atoms with van der Waals surface area (Å²) in [6, 6.07) is 14.4. The Bertz CT molecular complexity index is 779. The number of hydrogen-bond acceptors (Lipinski definition) is 5. The first-order chi connectivity index (χ1) is 13.2. The molecule has 1 aromatic carbocycles. The molecule has 1 aliphatic heterocycles. The first-order valence-corrected chi connectivity index (χ1v) is 9.48. The van der Waals surface area contributed by atoms with Crippen molar-refractivity contribution in [3.63, 3.8) is 0 Å². The minimum absolute atomic E-state index is 0.115. The number of nitrogens with zero attached hydrogens (tertiary/aromatic N) is 3. The van der Waals surface area contributed by atoms with Crippen LogP contribution in [0.25, 0.3) is 0 Å². The van der Waals surface area contributed by atoms with Crippen LogP contribution in [0.15, 0.2) is 42.6 Å². The molecule has 2 aromatic rings. The summed E-state index contributed by atoms with van der Waals surface area (Å²) in [6.07, 6.45) is 4.86. The number of hydrogen-bond donors (Lipinski definition) is 0. The van der Waals surface area contributed by atoms with Crippen molar-refractivity contribution < 1.29 is 9.47 Å². The van der Waals surface area contributed by atoms with Crippen LogP contribution in [0.3, 0.4) is 0 Å². The number of rotatable bonds is 7. The van der Waals surface area contributed by atoms with Crippen molar-refractivity contribution >= 4 is 0 Å². The van der Waals surface area contributed by atoms with Gasteiger partial charge in [-0.05, 0) is 50.4 Å². The van der Waals surface area contributed by atoms with Crippen LogP contribution in [0.5, 0.6) is 11.6 Å². The van der Waals surface area contributed by atoms with E-state index < -0.39 is 0 Å². The molecule has 0 amide bonds. The van der Waals surface area contributed by atoms with Gasteiger partial charge in [-0.25, -0.2) is 4.98 Å². The van der Waals surface area contributed by atoms with Gasteiger partial charge in [-0.1, -0.05) is 24.3 Å². The fraction of sp³-hybridized carbons (Fsp3) is 0.455. The summed E-state index contributed by atoms with van der Waals surface area (Å²) in [6.45, 7) is 2.93. The molecule has 0 spiro atoms. The monoisotopic (exact) mass is 365 g/mol. The summed E-state index contributed by atoms with van der Waals surface area (Å²) >= 11 is 0. The SMILES string of the molecule is COc1ccccc1C(C#N)CC1CCN(Cc2cccnc2OC)CC1. The first-order valence-electron chi connectivity index (χ1n) is 9.48. The van der Waals surface area contributed by atoms with E-state index in [1.807, 2.05) is 30.3 Å². The van der Waals surface area contributed by atoms with E-state index in [1.54, 1.807) is 20.4 Å². The maximum atomic E-state index is 9.70. The Labute approximate surface area is 161 Å². The highest BCUT2D eigenvalue weighted by Gasteiger charge is 2.25. The summed E-state index contributed by atoms with van der Waals surface area (Å²) in [5, 5.41) is 9.70. The van der Waals surface area contributed by atoms with Crippen molar-refractivity contribution in [3.05, 3.63) is 53.7 Å². The van der Waals surface area contributed by atoms with Crippen LogP contribution in [0.2, 0.25) is 0 Å². The van der Waals surface area contributed by atoms with E-state index in [1.165, 1.54) is 0 Å². The predicted molar refractivity (Wildman–Crippen MR) is 105 cm³/mol. The Morgan fingerprint density at radius 3 is 2.63 bits per heavy atom. The van der Waals surface area contributed by atoms with Gasteiger partial charge in [-0.15, -0.1) is 0 Å². The standard InChI is InChI=1S/C22H27N3O2/c1-26-21-8-4-3-7-20(21)19(15-23)14-17-9-12-25(13-10-17)16-18-6-5-11-24-22(18)27-2/h3-8,11,17,19H,9-10,12-14,16H2,1-2H3. The molecule has 142 valence electrons. The molecule has 5 heteroatoms. The van der Waals surface area contributed by atoms with E-state index in [-0.39, 0.29) is 5.92 Å². The molecule has 5 nitrogen and oxygen atoms in total. The van der Waals surface area contributed by atoms with Crippen LogP contribution in [-0.4, -0.2) is 37.2 Å². The molecule has 1 aliphatic rings. The molecule has 3 rings (SSSR count). The van der Waals surface area contributed by atoms with Gasteiger partial charge in [0.2, 0.25) is 5.88 Å². The molecule has 0 aliphatic carbocycles. The third-order valence-electron chi connectivity index (χ3n) is 5.38. The van der Waals surface area contributed by atoms with E-state index in [9.17, 15) is 5.26 Å². The van der Waals surface area contributed by atoms with E-state index in [0.717, 1.165) is 55.8 Å². The zero-order valence-electron chi connectivity index (χ0n) is 16.1. The molecule has 2 heterocycles. The zero-order valence-corrected chi connectivity index (χ0v) is 16.1. The van der Waals surface area contributed by atoms with Gasteiger partial charge < -0.3 is 9.47 Å². The summed E-state index contributed by atoms with van der Waals surface area (Å²) in [5.74, 6) is 1.97. The molecule has 1 fully saturated rings. The van der Waals surface area contributed by atoms with Gasteiger partial charge in [-0.2, -0.15) is 5.26 Å². The molecule has 1 aromatic heterocycles. The second-order valence-corrected chi connectivity index (χ2v) is 7.05. The number of nitriles is 1. The highest BCUT2D eigenvalue weighted by molar-refractivity contribution is 5.39. The highest BCUT2D eigenvalue weighted by atomic mass is 16.5. The van der Waals surface area contributed by atoms with Crippen molar-refractivity contribution in [1.29, 1.82) is 5.26 Å². The van der Waals surface area contributed by atoms with E-state index in [2.05, 4.69) is 22.0 Å². The molecule has 27 heavy (non-hydrogen) atoms. The third kappa shape index (κ3) is 4.78. The fourth-order valence-corrected chi connectivity index (χ4v) is 3.89. The molecule has 1 unspecified atom stereocenters. The number of benzene rings is 1. The highest BCUT2D eigenvalue weighted by Crippen LogP contribution is 2.34. The number of piperidine rings is 1. The van der Waals surface area contributed by atoms with E-state index in [0.29, 0.717) is 11.8 Å². The summed E-state index contributed by atoms with van der Waals surface area (Å²) in [4.78, 5) is 6.73. The fourth-order valence-electron chi connectivity index (χ4n) is 3.89. The molecule has 0 radical (unpaired) electrons. The number of pyridine rings is 1. The van der Waals surface area contributed by atoms with Gasteiger partial charge >= 0.3 is 0 Å². The quantitative estimate of drug-likeness (QED) is 0.742. The molecule has 0 saturated carbocycles. The minimum Gasteiger partial charge on any atom is -0.496 e. The van der Waals surface area contributed by atoms with Crippen LogP contribution in [0.4, 0.5) is 0 Å². The smallest absolute Gasteiger partial charge is 0.217 e. The van der Waals surface area contributed by atoms with Gasteiger partial charge in [0.1, 0.15) is 5.75 Å². The third-order valence-corrected chi connectivity index (χ3v) is 5.38. The Morgan fingerprint density at radius 2 is 1.93 bits per heavy atom. The van der Waals surface area contributed by atoms with Crippen molar-refractivity contribution in [1.82, 2.24) is 9.88 Å². The molecule has 1 saturated heterocycles. The van der Waals surface area contributed by atoms with Crippen LogP contribution < -0.4 is 9.47 Å². The van der Waals surface area contributed by atoms with Gasteiger partial charge in [0.25, 0.3) is 0 Å². The van der Waals surface area contributed by atoms with Crippen LogP contribution in [0, 0.1) is 17.2 Å². The number of ether oxygens (including phenoxy) is 2. The number of methoxy groups -OCH3 is 2. The molecular weight excluding hydrogens is 338 g/mol. The topological polar surface area (TPSA) is 58.4 Å². The van der Waals surface area contributed by atoms with Crippen molar-refractivity contribution in [3.8, 4) is 17.7 Å². The lowest BCUT2D eigenvalue weighted by Gasteiger charge is -2.33. The van der Waals surface area contributed by atoms with Gasteiger partial charge in [0.15, 0.2) is 0 Å². The summed E-state index contributed by atoms with van der Waals surface area (Å²) < 4.78 is 10.8. The number of para-hydroxylation sites is 1. The maximum absolute atomic E-state index is 9.70. The lowest BCUT2D eigenvalue weighted by Crippen LogP contribution is -2.33. The second kappa shape index (κ2) is 9.38. The Balaban J connectivity index is 1.56. The van der Waals surface area contributed by atoms with Gasteiger partial charge in [0.05, 0.1) is 26.2 Å². The van der Waals surface area contributed by atoms with Crippen LogP contribution in [0.1, 0.15) is 36.3 Å². The molecule has 0 bridgehead atoms. The normalized spacial score (nSPS) is 16.5. The van der Waals surface area contributed by atoms with Gasteiger partial charge in [0, 0.05) is 23.9 Å². The Hall–Kier alpha value is -2.58.